The third kappa shape index (κ3) is 3.86. The van der Waals surface area contributed by atoms with Crippen molar-refractivity contribution in [2.24, 2.45) is 5.92 Å². The maximum Gasteiger partial charge on any atom is 0.227 e. The molecule has 2 atom stereocenters. The van der Waals surface area contributed by atoms with Crippen molar-refractivity contribution < 1.29 is 9.59 Å². The standard InChI is InChI=1S/C20H28N2O2/c1-2-12-22-18-11-10-17(20(22)24)14-21(15-18)13-6-9-19(23)16-7-4-3-5-8-16/h3-5,7-8,17-18H,2,6,9-15H2,1H3/t17-,18+/m1/s1. The van der Waals surface area contributed by atoms with E-state index in [1.807, 2.05) is 30.3 Å². The van der Waals surface area contributed by atoms with Crippen LogP contribution in [0.4, 0.5) is 0 Å². The summed E-state index contributed by atoms with van der Waals surface area (Å²) in [6.07, 6.45) is 4.65. The number of hydrogen-bond acceptors (Lipinski definition) is 3. The second-order valence-corrected chi connectivity index (χ2v) is 7.11. The topological polar surface area (TPSA) is 40.6 Å². The fourth-order valence-electron chi connectivity index (χ4n) is 4.08. The van der Waals surface area contributed by atoms with Gasteiger partial charge in [0, 0.05) is 37.7 Å². The van der Waals surface area contributed by atoms with E-state index in [4.69, 9.17) is 0 Å². The van der Waals surface area contributed by atoms with Gasteiger partial charge in [0.15, 0.2) is 5.78 Å². The Labute approximate surface area is 144 Å². The highest BCUT2D eigenvalue weighted by atomic mass is 16.2. The van der Waals surface area contributed by atoms with Crippen molar-refractivity contribution in [2.75, 3.05) is 26.2 Å². The Morgan fingerprint density at radius 2 is 1.92 bits per heavy atom. The Morgan fingerprint density at radius 3 is 2.67 bits per heavy atom. The Bertz CT molecular complexity index is 572. The summed E-state index contributed by atoms with van der Waals surface area (Å²) in [5.41, 5.74) is 0.803. The second kappa shape index (κ2) is 7.93. The number of carbonyl (C=O) groups is 2. The van der Waals surface area contributed by atoms with E-state index in [0.717, 1.165) is 57.4 Å². The van der Waals surface area contributed by atoms with Crippen molar-refractivity contribution in [3.63, 3.8) is 0 Å². The Morgan fingerprint density at radius 1 is 1.12 bits per heavy atom. The van der Waals surface area contributed by atoms with Gasteiger partial charge in [-0.3, -0.25) is 9.59 Å². The molecule has 0 aromatic heterocycles. The zero-order valence-corrected chi connectivity index (χ0v) is 14.6. The van der Waals surface area contributed by atoms with Crippen LogP contribution in [0.5, 0.6) is 0 Å². The number of ketones is 1. The van der Waals surface area contributed by atoms with E-state index < -0.39 is 0 Å². The number of amides is 1. The number of Topliss-reactive ketones (excluding diaryl/α,β-unsaturated/α-hetero) is 1. The molecule has 3 fully saturated rings. The second-order valence-electron chi connectivity index (χ2n) is 7.11. The number of nitrogens with zero attached hydrogens (tertiary/aromatic N) is 2. The number of rotatable bonds is 7. The van der Waals surface area contributed by atoms with Gasteiger partial charge >= 0.3 is 0 Å². The average molecular weight is 328 g/mol. The van der Waals surface area contributed by atoms with Gasteiger partial charge in [-0.1, -0.05) is 37.3 Å². The van der Waals surface area contributed by atoms with E-state index in [-0.39, 0.29) is 11.7 Å². The van der Waals surface area contributed by atoms with Gasteiger partial charge in [0.05, 0.1) is 5.92 Å². The van der Waals surface area contributed by atoms with Gasteiger partial charge in [0.25, 0.3) is 0 Å². The number of hydrogen-bond donors (Lipinski definition) is 0. The molecule has 0 N–H and O–H groups in total. The van der Waals surface area contributed by atoms with Crippen LogP contribution in [-0.2, 0) is 4.79 Å². The lowest BCUT2D eigenvalue weighted by Gasteiger charge is -2.35. The summed E-state index contributed by atoms with van der Waals surface area (Å²) in [5.74, 6) is 0.744. The quantitative estimate of drug-likeness (QED) is 0.723. The molecule has 0 unspecified atom stereocenters. The molecule has 0 saturated carbocycles. The van der Waals surface area contributed by atoms with Crippen molar-refractivity contribution in [1.29, 1.82) is 0 Å². The van der Waals surface area contributed by atoms with Crippen molar-refractivity contribution in [3.05, 3.63) is 35.9 Å². The first-order valence-electron chi connectivity index (χ1n) is 9.30. The first-order valence-corrected chi connectivity index (χ1v) is 9.30. The average Bonchev–Trinajstić information content (AvgIpc) is 2.88. The molecule has 3 heterocycles. The molecule has 1 aromatic rings. The van der Waals surface area contributed by atoms with Crippen LogP contribution in [0.15, 0.2) is 30.3 Å². The van der Waals surface area contributed by atoms with Crippen LogP contribution in [0.1, 0.15) is 49.4 Å². The number of fused-ring (bicyclic) bond motifs is 4. The number of piperidine rings is 1. The third-order valence-corrected chi connectivity index (χ3v) is 5.31. The van der Waals surface area contributed by atoms with Crippen molar-refractivity contribution >= 4 is 11.7 Å². The highest BCUT2D eigenvalue weighted by Gasteiger charge is 2.39. The van der Waals surface area contributed by atoms with Crippen LogP contribution in [0.25, 0.3) is 0 Å². The summed E-state index contributed by atoms with van der Waals surface area (Å²) in [6.45, 7) is 5.79. The normalized spacial score (nSPS) is 24.2. The largest absolute Gasteiger partial charge is 0.338 e. The smallest absolute Gasteiger partial charge is 0.227 e. The number of carbonyl (C=O) groups excluding carboxylic acids is 2. The van der Waals surface area contributed by atoms with E-state index in [1.165, 1.54) is 0 Å². The van der Waals surface area contributed by atoms with Gasteiger partial charge in [-0.25, -0.2) is 0 Å². The van der Waals surface area contributed by atoms with E-state index in [2.05, 4.69) is 16.7 Å². The van der Waals surface area contributed by atoms with Crippen LogP contribution in [0.3, 0.4) is 0 Å². The molecule has 1 amide bonds. The Kier molecular flexibility index (Phi) is 5.67. The maximum atomic E-state index is 12.6. The van der Waals surface area contributed by atoms with Crippen LogP contribution in [0, 0.1) is 5.92 Å². The van der Waals surface area contributed by atoms with Crippen LogP contribution < -0.4 is 0 Å². The van der Waals surface area contributed by atoms with Gasteiger partial charge in [-0.2, -0.15) is 0 Å². The van der Waals surface area contributed by atoms with E-state index >= 15 is 0 Å². The molecule has 4 rings (SSSR count). The summed E-state index contributed by atoms with van der Waals surface area (Å²) >= 11 is 0. The van der Waals surface area contributed by atoms with Crippen LogP contribution >= 0.6 is 0 Å². The summed E-state index contributed by atoms with van der Waals surface area (Å²) in [6, 6.07) is 9.90. The lowest BCUT2D eigenvalue weighted by Crippen LogP contribution is -2.48. The molecule has 4 nitrogen and oxygen atoms in total. The summed E-state index contributed by atoms with van der Waals surface area (Å²) in [5, 5.41) is 0. The summed E-state index contributed by atoms with van der Waals surface area (Å²) in [7, 11) is 0. The zero-order valence-electron chi connectivity index (χ0n) is 14.6. The van der Waals surface area contributed by atoms with E-state index in [9.17, 15) is 9.59 Å². The SMILES string of the molecule is CCCN1C(=O)[C@@H]2CC[C@H]1CN(CCCC(=O)c1ccccc1)C2. The van der Waals surface area contributed by atoms with Crippen molar-refractivity contribution in [1.82, 2.24) is 9.80 Å². The lowest BCUT2D eigenvalue weighted by molar-refractivity contribution is -0.139. The van der Waals surface area contributed by atoms with E-state index in [1.54, 1.807) is 0 Å². The van der Waals surface area contributed by atoms with Gasteiger partial charge < -0.3 is 9.80 Å². The highest BCUT2D eigenvalue weighted by Crippen LogP contribution is 2.29. The van der Waals surface area contributed by atoms with Gasteiger partial charge in [0.1, 0.15) is 0 Å². The van der Waals surface area contributed by atoms with Gasteiger partial charge in [0.2, 0.25) is 5.91 Å². The molecule has 3 aliphatic rings. The van der Waals surface area contributed by atoms with Crippen molar-refractivity contribution in [3.8, 4) is 0 Å². The fraction of sp³-hybridized carbons (Fsp3) is 0.600. The first kappa shape index (κ1) is 17.2. The van der Waals surface area contributed by atoms with Crippen LogP contribution in [-0.4, -0.2) is 53.7 Å². The lowest BCUT2D eigenvalue weighted by atomic mass is 9.94. The van der Waals surface area contributed by atoms with Gasteiger partial charge in [-0.15, -0.1) is 0 Å². The zero-order chi connectivity index (χ0) is 16.9. The first-order chi connectivity index (χ1) is 11.7. The van der Waals surface area contributed by atoms with Gasteiger partial charge in [-0.05, 0) is 32.2 Å². The monoisotopic (exact) mass is 328 g/mol. The molecule has 3 saturated heterocycles. The summed E-state index contributed by atoms with van der Waals surface area (Å²) in [4.78, 5) is 29.3. The molecule has 1 aromatic carbocycles. The molecule has 24 heavy (non-hydrogen) atoms. The highest BCUT2D eigenvalue weighted by molar-refractivity contribution is 5.95. The molecule has 4 heteroatoms. The fourth-order valence-corrected chi connectivity index (χ4v) is 4.08. The molecule has 0 aliphatic carbocycles. The Hall–Kier alpha value is -1.68. The molecular formula is C20H28N2O2. The van der Waals surface area contributed by atoms with E-state index in [0.29, 0.717) is 18.4 Å². The molecule has 2 bridgehead atoms. The molecular weight excluding hydrogens is 300 g/mol. The molecule has 0 spiro atoms. The Balaban J connectivity index is 1.52. The maximum absolute atomic E-state index is 12.6. The van der Waals surface area contributed by atoms with Crippen LogP contribution in [0.2, 0.25) is 0 Å². The minimum Gasteiger partial charge on any atom is -0.338 e. The molecule has 0 radical (unpaired) electrons. The van der Waals surface area contributed by atoms with Crippen molar-refractivity contribution in [2.45, 2.75) is 45.1 Å². The minimum atomic E-state index is 0.167. The molecule has 3 aliphatic heterocycles. The summed E-state index contributed by atoms with van der Waals surface area (Å²) < 4.78 is 0. The predicted molar refractivity (Wildman–Crippen MR) is 95.0 cm³/mol. The number of benzene rings is 1. The third-order valence-electron chi connectivity index (χ3n) is 5.31. The predicted octanol–water partition coefficient (Wildman–Crippen LogP) is 2.98. The minimum absolute atomic E-state index is 0.167. The molecule has 130 valence electrons.